The number of aromatic nitrogens is 2. The lowest BCUT2D eigenvalue weighted by Crippen LogP contribution is -2.48. The van der Waals surface area contributed by atoms with Crippen LogP contribution in [0.4, 0.5) is 20.6 Å². The second-order valence-electron chi connectivity index (χ2n) is 7.98. The molecule has 31 heavy (non-hydrogen) atoms. The third-order valence-electron chi connectivity index (χ3n) is 4.83. The van der Waals surface area contributed by atoms with E-state index >= 15 is 0 Å². The van der Waals surface area contributed by atoms with E-state index in [1.807, 2.05) is 4.90 Å². The van der Waals surface area contributed by atoms with Crippen LogP contribution >= 0.6 is 0 Å². The van der Waals surface area contributed by atoms with Crippen molar-refractivity contribution in [2.24, 2.45) is 0 Å². The molecule has 0 saturated heterocycles. The predicted octanol–water partition coefficient (Wildman–Crippen LogP) is 4.06. The summed E-state index contributed by atoms with van der Waals surface area (Å²) in [6, 6.07) is 8.72. The van der Waals surface area contributed by atoms with Gasteiger partial charge in [-0.3, -0.25) is 10.1 Å². The molecular formula is C20H22FN5O5. The lowest BCUT2D eigenvalue weighted by atomic mass is 10.1. The highest BCUT2D eigenvalue weighted by Gasteiger charge is 2.28. The van der Waals surface area contributed by atoms with E-state index in [0.29, 0.717) is 5.69 Å². The van der Waals surface area contributed by atoms with Gasteiger partial charge in [0.1, 0.15) is 5.82 Å². The zero-order chi connectivity index (χ0) is 22.8. The number of hydrogen-bond donors (Lipinski definition) is 1. The highest BCUT2D eigenvalue weighted by Crippen LogP contribution is 2.32. The number of hydrogen-bond acceptors (Lipinski definition) is 7. The van der Waals surface area contributed by atoms with Crippen molar-refractivity contribution in [2.75, 3.05) is 18.0 Å². The quantitative estimate of drug-likeness (QED) is 0.438. The summed E-state index contributed by atoms with van der Waals surface area (Å²) >= 11 is 0. The van der Waals surface area contributed by atoms with Crippen molar-refractivity contribution in [1.82, 2.24) is 15.2 Å². The summed E-state index contributed by atoms with van der Waals surface area (Å²) in [6.45, 7) is 6.06. The number of carbonyl (C=O) groups is 1. The standard InChI is InChI=1S/C20H22FN5O5/c1-20(2,3)25(19(27)28)11-10-24(12-13-4-6-14(21)7-5-13)15-8-9-16(26(29)30)18-17(15)22-31-23-18/h4-9H,10-12H2,1-3H3,(H,27,28). The monoisotopic (exact) mass is 431 g/mol. The van der Waals surface area contributed by atoms with Crippen LogP contribution in [-0.4, -0.2) is 50.0 Å². The Morgan fingerprint density at radius 1 is 1.13 bits per heavy atom. The Morgan fingerprint density at radius 2 is 1.77 bits per heavy atom. The van der Waals surface area contributed by atoms with Gasteiger partial charge in [0, 0.05) is 31.2 Å². The first-order chi connectivity index (χ1) is 14.6. The van der Waals surface area contributed by atoms with Crippen LogP contribution in [0.15, 0.2) is 41.0 Å². The van der Waals surface area contributed by atoms with Gasteiger partial charge in [0.25, 0.3) is 0 Å². The van der Waals surface area contributed by atoms with Gasteiger partial charge in [0.2, 0.25) is 5.52 Å². The van der Waals surface area contributed by atoms with Crippen LogP contribution in [0, 0.1) is 15.9 Å². The maximum atomic E-state index is 13.3. The number of nitro benzene ring substituents is 1. The van der Waals surface area contributed by atoms with Gasteiger partial charge in [0.15, 0.2) is 5.52 Å². The van der Waals surface area contributed by atoms with Crippen LogP contribution in [0.1, 0.15) is 26.3 Å². The van der Waals surface area contributed by atoms with Gasteiger partial charge in [-0.05, 0) is 54.8 Å². The molecule has 1 amide bonds. The van der Waals surface area contributed by atoms with Crippen molar-refractivity contribution < 1.29 is 23.8 Å². The first kappa shape index (κ1) is 21.9. The highest BCUT2D eigenvalue weighted by molar-refractivity contribution is 5.93. The minimum absolute atomic E-state index is 0.00230. The lowest BCUT2D eigenvalue weighted by Gasteiger charge is -2.35. The molecule has 1 aromatic heterocycles. The Balaban J connectivity index is 2.00. The maximum absolute atomic E-state index is 13.3. The van der Waals surface area contributed by atoms with Gasteiger partial charge < -0.3 is 14.9 Å². The van der Waals surface area contributed by atoms with Crippen molar-refractivity contribution >= 4 is 28.5 Å². The number of benzene rings is 2. The van der Waals surface area contributed by atoms with Crippen LogP contribution in [0.2, 0.25) is 0 Å². The summed E-state index contributed by atoms with van der Waals surface area (Å²) in [5, 5.41) is 28.4. The fraction of sp³-hybridized carbons (Fsp3) is 0.350. The van der Waals surface area contributed by atoms with Crippen LogP contribution in [0.3, 0.4) is 0 Å². The normalized spacial score (nSPS) is 11.5. The zero-order valence-electron chi connectivity index (χ0n) is 17.3. The van der Waals surface area contributed by atoms with E-state index in [9.17, 15) is 24.4 Å². The third-order valence-corrected chi connectivity index (χ3v) is 4.83. The van der Waals surface area contributed by atoms with E-state index in [2.05, 4.69) is 10.3 Å². The Kier molecular flexibility index (Phi) is 6.04. The first-order valence-electron chi connectivity index (χ1n) is 9.47. The fourth-order valence-corrected chi connectivity index (χ4v) is 3.28. The summed E-state index contributed by atoms with van der Waals surface area (Å²) in [6.07, 6.45) is -1.06. The summed E-state index contributed by atoms with van der Waals surface area (Å²) in [4.78, 5) is 25.6. The molecule has 0 unspecified atom stereocenters. The number of rotatable bonds is 7. The summed E-state index contributed by atoms with van der Waals surface area (Å²) in [7, 11) is 0. The van der Waals surface area contributed by atoms with Crippen LogP contribution < -0.4 is 4.90 Å². The van der Waals surface area contributed by atoms with E-state index in [1.165, 1.54) is 29.2 Å². The van der Waals surface area contributed by atoms with E-state index in [4.69, 9.17) is 4.63 Å². The first-order valence-corrected chi connectivity index (χ1v) is 9.47. The Morgan fingerprint density at radius 3 is 2.35 bits per heavy atom. The Bertz CT molecular complexity index is 1090. The SMILES string of the molecule is CC(C)(C)N(CCN(Cc1ccc(F)cc1)c1ccc([N+](=O)[O-])c2nonc12)C(=O)O. The van der Waals surface area contributed by atoms with Crippen LogP contribution in [0.25, 0.3) is 11.0 Å². The van der Waals surface area contributed by atoms with Crippen molar-refractivity contribution in [2.45, 2.75) is 32.9 Å². The number of nitrogens with zero attached hydrogens (tertiary/aromatic N) is 5. The molecule has 2 aromatic carbocycles. The topological polar surface area (TPSA) is 126 Å². The molecule has 0 fully saturated rings. The summed E-state index contributed by atoms with van der Waals surface area (Å²) < 4.78 is 18.1. The molecule has 1 N–H and O–H groups in total. The smallest absolute Gasteiger partial charge is 0.407 e. The van der Waals surface area contributed by atoms with Gasteiger partial charge in [-0.25, -0.2) is 13.8 Å². The van der Waals surface area contributed by atoms with Crippen molar-refractivity contribution in [1.29, 1.82) is 0 Å². The van der Waals surface area contributed by atoms with E-state index in [0.717, 1.165) is 5.56 Å². The largest absolute Gasteiger partial charge is 0.465 e. The van der Waals surface area contributed by atoms with E-state index in [1.54, 1.807) is 32.9 Å². The summed E-state index contributed by atoms with van der Waals surface area (Å²) in [5.74, 6) is -0.376. The molecule has 0 bridgehead atoms. The van der Waals surface area contributed by atoms with Gasteiger partial charge in [-0.1, -0.05) is 12.1 Å². The van der Waals surface area contributed by atoms with Gasteiger partial charge in [0.05, 0.1) is 10.6 Å². The molecule has 11 heteroatoms. The average Bonchev–Trinajstić information content (AvgIpc) is 3.16. The Hall–Kier alpha value is -3.76. The molecule has 0 radical (unpaired) electrons. The van der Waals surface area contributed by atoms with Crippen molar-refractivity contribution in [3.8, 4) is 0 Å². The van der Waals surface area contributed by atoms with Crippen molar-refractivity contribution in [3.63, 3.8) is 0 Å². The number of non-ortho nitro benzene ring substituents is 1. The fourth-order valence-electron chi connectivity index (χ4n) is 3.28. The second-order valence-corrected chi connectivity index (χ2v) is 7.98. The second kappa shape index (κ2) is 8.54. The van der Waals surface area contributed by atoms with Crippen LogP contribution in [-0.2, 0) is 6.54 Å². The molecule has 3 aromatic rings. The van der Waals surface area contributed by atoms with Crippen molar-refractivity contribution in [3.05, 3.63) is 57.9 Å². The molecule has 10 nitrogen and oxygen atoms in total. The number of carboxylic acid groups (broad SMARTS) is 1. The molecule has 0 saturated carbocycles. The van der Waals surface area contributed by atoms with Gasteiger partial charge >= 0.3 is 11.8 Å². The predicted molar refractivity (Wildman–Crippen MR) is 110 cm³/mol. The van der Waals surface area contributed by atoms with Gasteiger partial charge in [-0.2, -0.15) is 0 Å². The molecule has 1 heterocycles. The average molecular weight is 431 g/mol. The molecule has 3 rings (SSSR count). The molecule has 0 aliphatic carbocycles. The zero-order valence-corrected chi connectivity index (χ0v) is 17.3. The number of fused-ring (bicyclic) bond motifs is 1. The number of anilines is 1. The van der Waals surface area contributed by atoms with Crippen LogP contribution in [0.5, 0.6) is 0 Å². The molecule has 0 aliphatic heterocycles. The molecule has 0 atom stereocenters. The lowest BCUT2D eigenvalue weighted by molar-refractivity contribution is -0.383. The third kappa shape index (κ3) is 4.87. The highest BCUT2D eigenvalue weighted by atomic mass is 19.1. The number of halogens is 1. The molecular weight excluding hydrogens is 409 g/mol. The van der Waals surface area contributed by atoms with Gasteiger partial charge in [-0.15, -0.1) is 0 Å². The van der Waals surface area contributed by atoms with E-state index in [-0.39, 0.29) is 42.2 Å². The number of amides is 1. The minimum Gasteiger partial charge on any atom is -0.465 e. The number of nitro groups is 1. The molecule has 0 spiro atoms. The summed E-state index contributed by atoms with van der Waals surface area (Å²) in [5.41, 5.74) is 0.565. The molecule has 164 valence electrons. The Labute approximate surface area is 177 Å². The molecule has 0 aliphatic rings. The minimum atomic E-state index is -1.06. The maximum Gasteiger partial charge on any atom is 0.407 e. The van der Waals surface area contributed by atoms with E-state index < -0.39 is 16.6 Å².